The Morgan fingerprint density at radius 2 is 2.32 bits per heavy atom. The van der Waals surface area contributed by atoms with Gasteiger partial charge in [-0.05, 0) is 31.7 Å². The lowest BCUT2D eigenvalue weighted by Gasteiger charge is -2.35. The first-order chi connectivity index (χ1) is 10.6. The number of halogens is 1. The van der Waals surface area contributed by atoms with E-state index in [0.717, 1.165) is 38.8 Å². The molecule has 2 aromatic heterocycles. The molecule has 0 N–H and O–H groups in total. The van der Waals surface area contributed by atoms with Crippen LogP contribution in [0.4, 0.5) is 0 Å². The van der Waals surface area contributed by atoms with Crippen molar-refractivity contribution in [2.75, 3.05) is 6.54 Å². The number of rotatable bonds is 4. The second-order valence-electron chi connectivity index (χ2n) is 5.71. The molecule has 1 aliphatic rings. The molecule has 6 nitrogen and oxygen atoms in total. The summed E-state index contributed by atoms with van der Waals surface area (Å²) >= 11 is 6.12. The van der Waals surface area contributed by atoms with Gasteiger partial charge in [-0.1, -0.05) is 11.6 Å². The van der Waals surface area contributed by atoms with E-state index in [1.54, 1.807) is 24.1 Å². The molecule has 0 spiro atoms. The molecule has 3 heterocycles. The van der Waals surface area contributed by atoms with Gasteiger partial charge in [0.15, 0.2) is 5.69 Å². The minimum Gasteiger partial charge on any atom is -0.334 e. The van der Waals surface area contributed by atoms with Gasteiger partial charge in [0.05, 0.1) is 5.02 Å². The van der Waals surface area contributed by atoms with E-state index in [1.807, 2.05) is 21.8 Å². The zero-order valence-electron chi connectivity index (χ0n) is 12.7. The monoisotopic (exact) mass is 321 g/mol. The van der Waals surface area contributed by atoms with Crippen LogP contribution in [0, 0.1) is 0 Å². The Morgan fingerprint density at radius 1 is 1.45 bits per heavy atom. The number of nitrogens with zero attached hydrogens (tertiary/aromatic N) is 5. The van der Waals surface area contributed by atoms with Crippen molar-refractivity contribution in [2.45, 2.75) is 38.3 Å². The number of hydrogen-bond acceptors (Lipinski definition) is 3. The van der Waals surface area contributed by atoms with Gasteiger partial charge in [0.2, 0.25) is 0 Å². The van der Waals surface area contributed by atoms with E-state index in [-0.39, 0.29) is 11.9 Å². The van der Waals surface area contributed by atoms with Crippen LogP contribution in [-0.4, -0.2) is 43.0 Å². The van der Waals surface area contributed by atoms with Crippen molar-refractivity contribution in [1.29, 1.82) is 0 Å². The van der Waals surface area contributed by atoms with Crippen molar-refractivity contribution < 1.29 is 4.79 Å². The first-order valence-electron chi connectivity index (χ1n) is 7.62. The zero-order valence-corrected chi connectivity index (χ0v) is 13.4. The summed E-state index contributed by atoms with van der Waals surface area (Å²) in [5.74, 6) is -0.0595. The standard InChI is InChI=1S/C15H20ClN5O/c1-19-11-13(16)14(18-19)15(22)21-9-3-2-5-12(21)6-10-20-8-4-7-17-20/h4,7-8,11-12H,2-3,5-6,9-10H2,1H3. The number of aryl methyl sites for hydroxylation is 2. The average Bonchev–Trinajstić information content (AvgIpc) is 3.14. The van der Waals surface area contributed by atoms with E-state index >= 15 is 0 Å². The molecule has 7 heteroatoms. The Hall–Kier alpha value is -1.82. The predicted molar refractivity (Wildman–Crippen MR) is 83.7 cm³/mol. The van der Waals surface area contributed by atoms with Gasteiger partial charge in [-0.15, -0.1) is 0 Å². The molecule has 0 radical (unpaired) electrons. The predicted octanol–water partition coefficient (Wildman–Crippen LogP) is 2.36. The van der Waals surface area contributed by atoms with E-state index in [9.17, 15) is 4.79 Å². The van der Waals surface area contributed by atoms with Gasteiger partial charge in [0.1, 0.15) is 0 Å². The number of carbonyl (C=O) groups is 1. The zero-order chi connectivity index (χ0) is 15.5. The molecule has 3 rings (SSSR count). The van der Waals surface area contributed by atoms with Crippen LogP contribution in [0.3, 0.4) is 0 Å². The first kappa shape index (κ1) is 15.1. The van der Waals surface area contributed by atoms with Crippen LogP contribution < -0.4 is 0 Å². The summed E-state index contributed by atoms with van der Waals surface area (Å²) in [5.41, 5.74) is 0.357. The number of amides is 1. The Morgan fingerprint density at radius 3 is 3.00 bits per heavy atom. The molecule has 22 heavy (non-hydrogen) atoms. The first-order valence-corrected chi connectivity index (χ1v) is 8.00. The Labute approximate surface area is 134 Å². The molecule has 1 fully saturated rings. The minimum atomic E-state index is -0.0595. The number of likely N-dealkylation sites (tertiary alicyclic amines) is 1. The van der Waals surface area contributed by atoms with Crippen molar-refractivity contribution in [3.05, 3.63) is 35.4 Å². The third kappa shape index (κ3) is 3.16. The highest BCUT2D eigenvalue weighted by Gasteiger charge is 2.30. The van der Waals surface area contributed by atoms with E-state index in [2.05, 4.69) is 10.2 Å². The SMILES string of the molecule is Cn1cc(Cl)c(C(=O)N2CCCCC2CCn2cccn2)n1. The summed E-state index contributed by atoms with van der Waals surface area (Å²) in [6, 6.07) is 2.14. The van der Waals surface area contributed by atoms with Crippen LogP contribution in [-0.2, 0) is 13.6 Å². The van der Waals surface area contributed by atoms with E-state index in [4.69, 9.17) is 11.6 Å². The van der Waals surface area contributed by atoms with Crippen molar-refractivity contribution in [3.63, 3.8) is 0 Å². The van der Waals surface area contributed by atoms with E-state index < -0.39 is 0 Å². The molecule has 2 aromatic rings. The maximum Gasteiger partial charge on any atom is 0.276 e. The quantitative estimate of drug-likeness (QED) is 0.868. The summed E-state index contributed by atoms with van der Waals surface area (Å²) < 4.78 is 3.49. The Kier molecular flexibility index (Phi) is 4.47. The second-order valence-corrected chi connectivity index (χ2v) is 6.11. The van der Waals surface area contributed by atoms with Gasteiger partial charge < -0.3 is 4.90 Å². The Bertz CT molecular complexity index is 636. The number of aromatic nitrogens is 4. The summed E-state index contributed by atoms with van der Waals surface area (Å²) in [4.78, 5) is 14.7. The largest absolute Gasteiger partial charge is 0.334 e. The molecule has 0 aromatic carbocycles. The van der Waals surface area contributed by atoms with Gasteiger partial charge in [-0.25, -0.2) is 0 Å². The third-order valence-corrected chi connectivity index (χ3v) is 4.40. The van der Waals surface area contributed by atoms with Crippen molar-refractivity contribution in [2.24, 2.45) is 7.05 Å². The van der Waals surface area contributed by atoms with E-state index in [1.165, 1.54) is 0 Å². The van der Waals surface area contributed by atoms with Gasteiger partial charge in [-0.2, -0.15) is 10.2 Å². The lowest BCUT2D eigenvalue weighted by molar-refractivity contribution is 0.0587. The normalized spacial score (nSPS) is 18.6. The van der Waals surface area contributed by atoms with Gasteiger partial charge in [-0.3, -0.25) is 14.2 Å². The summed E-state index contributed by atoms with van der Waals surface area (Å²) in [6.45, 7) is 1.59. The second kappa shape index (κ2) is 6.52. The van der Waals surface area contributed by atoms with Gasteiger partial charge >= 0.3 is 0 Å². The highest BCUT2D eigenvalue weighted by molar-refractivity contribution is 6.33. The molecular weight excluding hydrogens is 302 g/mol. The van der Waals surface area contributed by atoms with Gasteiger partial charge in [0.25, 0.3) is 5.91 Å². The molecule has 1 unspecified atom stereocenters. The highest BCUT2D eigenvalue weighted by Crippen LogP contribution is 2.24. The van der Waals surface area contributed by atoms with Crippen molar-refractivity contribution in [3.8, 4) is 0 Å². The molecular formula is C15H20ClN5O. The molecule has 118 valence electrons. The lowest BCUT2D eigenvalue weighted by Crippen LogP contribution is -2.44. The molecule has 0 bridgehead atoms. The molecule has 1 saturated heterocycles. The maximum atomic E-state index is 12.7. The maximum absolute atomic E-state index is 12.7. The highest BCUT2D eigenvalue weighted by atomic mass is 35.5. The minimum absolute atomic E-state index is 0.0595. The van der Waals surface area contributed by atoms with Crippen LogP contribution in [0.2, 0.25) is 5.02 Å². The molecule has 0 aliphatic carbocycles. The van der Waals surface area contributed by atoms with Crippen LogP contribution in [0.25, 0.3) is 0 Å². The summed E-state index contributed by atoms with van der Waals surface area (Å²) in [5, 5.41) is 8.85. The third-order valence-electron chi connectivity index (χ3n) is 4.13. The molecule has 1 aliphatic heterocycles. The van der Waals surface area contributed by atoms with Crippen LogP contribution in [0.1, 0.15) is 36.2 Å². The van der Waals surface area contributed by atoms with Crippen LogP contribution in [0.15, 0.2) is 24.7 Å². The molecule has 1 atom stereocenters. The number of piperidine rings is 1. The Balaban J connectivity index is 1.71. The fourth-order valence-electron chi connectivity index (χ4n) is 3.02. The average molecular weight is 322 g/mol. The van der Waals surface area contributed by atoms with Gasteiger partial charge in [0, 0.05) is 44.8 Å². The molecule has 0 saturated carbocycles. The van der Waals surface area contributed by atoms with E-state index in [0.29, 0.717) is 10.7 Å². The topological polar surface area (TPSA) is 56.0 Å². The fraction of sp³-hybridized carbons (Fsp3) is 0.533. The number of hydrogen-bond donors (Lipinski definition) is 0. The smallest absolute Gasteiger partial charge is 0.276 e. The lowest BCUT2D eigenvalue weighted by atomic mass is 9.99. The fourth-order valence-corrected chi connectivity index (χ4v) is 3.28. The van der Waals surface area contributed by atoms with Crippen molar-refractivity contribution in [1.82, 2.24) is 24.5 Å². The van der Waals surface area contributed by atoms with Crippen LogP contribution in [0.5, 0.6) is 0 Å². The van der Waals surface area contributed by atoms with Crippen molar-refractivity contribution >= 4 is 17.5 Å². The molecule has 1 amide bonds. The number of carbonyl (C=O) groups excluding carboxylic acids is 1. The summed E-state index contributed by atoms with van der Waals surface area (Å²) in [7, 11) is 1.77. The van der Waals surface area contributed by atoms with Crippen LogP contribution >= 0.6 is 11.6 Å². The summed E-state index contributed by atoms with van der Waals surface area (Å²) in [6.07, 6.45) is 9.51.